The van der Waals surface area contributed by atoms with Crippen molar-refractivity contribution in [1.82, 2.24) is 40.0 Å². The standard InChI is InChI=1S/C36H41N5O4.C29H41N3O5S/c1-27-5-6-29(22-32(27)24-35-38-14-11-33(39-35)31-4-3-13-37-25-31)23-34(42)30-9-7-28(8-10-30)26-40-15-17-41(18-16-40)36(43)12-19-45-21-20-44-2;1-6-12-37-13-11-22(33)14-24(29(3,4)5)28(36)32-17-23(34)15-25(32)27(35)30-16-20-7-9-21(10-8-20)26-19(2)31-18-38-26/h3-11,13-14,22,25H,12,15-21,23-24,26H2,1-2H3;7-10,18,23-25,34H,6,11-17H2,1-5H3,(H,30,35)/t;23-,24-,25+/m.1/s1. The first-order valence-electron chi connectivity index (χ1n) is 28.8. The lowest BCUT2D eigenvalue weighted by molar-refractivity contribution is -0.146. The zero-order valence-corrected chi connectivity index (χ0v) is 50.1. The van der Waals surface area contributed by atoms with Gasteiger partial charge in [0.2, 0.25) is 17.7 Å². The lowest BCUT2D eigenvalue weighted by Crippen LogP contribution is -2.50. The molecule has 3 aromatic carbocycles. The van der Waals surface area contributed by atoms with Crippen LogP contribution in [0, 0.1) is 25.2 Å². The first-order chi connectivity index (χ1) is 40.0. The number of ketones is 2. The number of pyridine rings is 1. The Balaban J connectivity index is 0.000000242. The third-order valence-corrected chi connectivity index (χ3v) is 16.0. The van der Waals surface area contributed by atoms with Gasteiger partial charge >= 0.3 is 0 Å². The summed E-state index contributed by atoms with van der Waals surface area (Å²) >= 11 is 1.59. The highest BCUT2D eigenvalue weighted by Crippen LogP contribution is 2.34. The third-order valence-electron chi connectivity index (χ3n) is 15.0. The Kier molecular flexibility index (Phi) is 24.3. The minimum absolute atomic E-state index is 0.0351. The molecule has 2 saturated heterocycles. The zero-order chi connectivity index (χ0) is 59.3. The van der Waals surface area contributed by atoms with Crippen LogP contribution in [0.15, 0.2) is 109 Å². The Labute approximate surface area is 493 Å². The van der Waals surface area contributed by atoms with Crippen LogP contribution in [0.1, 0.15) is 109 Å². The van der Waals surface area contributed by atoms with Gasteiger partial charge in [-0.2, -0.15) is 0 Å². The van der Waals surface area contributed by atoms with Gasteiger partial charge in [0.25, 0.3) is 0 Å². The number of carbonyl (C=O) groups is 5. The minimum Gasteiger partial charge on any atom is -0.391 e. The van der Waals surface area contributed by atoms with Crippen molar-refractivity contribution in [2.24, 2.45) is 11.3 Å². The number of aromatic nitrogens is 4. The fourth-order valence-electron chi connectivity index (χ4n) is 10.1. The molecule has 0 spiro atoms. The highest BCUT2D eigenvalue weighted by atomic mass is 32.1. The highest BCUT2D eigenvalue weighted by molar-refractivity contribution is 7.13. The quantitative estimate of drug-likeness (QED) is 0.0385. The normalized spacial score (nSPS) is 15.8. The second kappa shape index (κ2) is 31.7. The maximum absolute atomic E-state index is 13.7. The molecule has 2 N–H and O–H groups in total. The number of hydrogen-bond donors (Lipinski definition) is 2. The van der Waals surface area contributed by atoms with Gasteiger partial charge in [0.15, 0.2) is 5.78 Å². The smallest absolute Gasteiger partial charge is 0.243 e. The van der Waals surface area contributed by atoms with Crippen LogP contribution in [-0.4, -0.2) is 154 Å². The molecule has 2 aliphatic rings. The number of amides is 3. The van der Waals surface area contributed by atoms with Crippen molar-refractivity contribution in [1.29, 1.82) is 0 Å². The Morgan fingerprint density at radius 3 is 2.22 bits per heavy atom. The number of nitrogens with one attached hydrogen (secondary N) is 1. The summed E-state index contributed by atoms with van der Waals surface area (Å²) in [6.07, 6.45) is 7.26. The number of aryl methyl sites for hydroxylation is 2. The zero-order valence-electron chi connectivity index (χ0n) is 49.3. The summed E-state index contributed by atoms with van der Waals surface area (Å²) in [5, 5.41) is 13.3. The number of ether oxygens (including phenoxy) is 3. The number of piperazine rings is 1. The number of β-amino-alcohol motifs (C(OH)–C–C–N with tert-alkyl or cyclic N) is 1. The summed E-state index contributed by atoms with van der Waals surface area (Å²) in [4.78, 5) is 89.7. The van der Waals surface area contributed by atoms with E-state index in [4.69, 9.17) is 19.2 Å². The second-order valence-corrected chi connectivity index (χ2v) is 23.3. The lowest BCUT2D eigenvalue weighted by atomic mass is 9.76. The van der Waals surface area contributed by atoms with E-state index in [2.05, 4.69) is 44.2 Å². The molecule has 5 heterocycles. The number of likely N-dealkylation sites (tertiary alicyclic amines) is 1. The van der Waals surface area contributed by atoms with Gasteiger partial charge in [-0.3, -0.25) is 33.9 Å². The largest absolute Gasteiger partial charge is 0.391 e. The van der Waals surface area contributed by atoms with E-state index in [0.29, 0.717) is 77.5 Å². The van der Waals surface area contributed by atoms with Gasteiger partial charge in [0.05, 0.1) is 60.7 Å². The van der Waals surface area contributed by atoms with Crippen LogP contribution in [-0.2, 0) is 59.3 Å². The molecule has 17 nitrogen and oxygen atoms in total. The number of carbonyl (C=O) groups excluding carboxylic acids is 5. The summed E-state index contributed by atoms with van der Waals surface area (Å²) in [5.41, 5.74) is 11.2. The fourth-order valence-corrected chi connectivity index (χ4v) is 10.9. The number of nitrogens with zero attached hydrogens (tertiary/aromatic N) is 7. The molecule has 3 aromatic heterocycles. The lowest BCUT2D eigenvalue weighted by Gasteiger charge is -2.34. The SMILES string of the molecule is CCCOCCC(=O)C[C@H](C(=O)N1C[C@H](O)C[C@H]1C(=O)NCc1ccc(-c2scnc2C)cc1)C(C)(C)C.COCCOCCC(=O)N1CCN(Cc2ccc(C(=O)Cc3ccc(C)c(Cc4nccc(-c5cccnc5)n4)c3)cc2)CC1. The number of methoxy groups -OCH3 is 1. The van der Waals surface area contributed by atoms with Crippen LogP contribution < -0.4 is 5.32 Å². The van der Waals surface area contributed by atoms with Gasteiger partial charge < -0.3 is 34.4 Å². The molecule has 0 radical (unpaired) electrons. The first kappa shape index (κ1) is 63.6. The number of hydrogen-bond acceptors (Lipinski definition) is 15. The topological polar surface area (TPSA) is 207 Å². The molecule has 3 amide bonds. The molecule has 3 atom stereocenters. The van der Waals surface area contributed by atoms with Crippen LogP contribution >= 0.6 is 11.3 Å². The summed E-state index contributed by atoms with van der Waals surface area (Å²) in [6, 6.07) is 27.1. The molecule has 18 heteroatoms. The first-order valence-corrected chi connectivity index (χ1v) is 29.7. The Bertz CT molecular complexity index is 3050. The molecule has 442 valence electrons. The average Bonchev–Trinajstić information content (AvgIpc) is 4.37. The molecular weight excluding hydrogens is 1070 g/mol. The molecule has 0 unspecified atom stereocenters. The molecule has 2 aliphatic heterocycles. The molecule has 83 heavy (non-hydrogen) atoms. The maximum atomic E-state index is 13.7. The number of rotatable bonds is 26. The molecule has 0 aliphatic carbocycles. The Morgan fingerprint density at radius 1 is 0.807 bits per heavy atom. The van der Waals surface area contributed by atoms with Crippen molar-refractivity contribution in [3.8, 4) is 21.7 Å². The van der Waals surface area contributed by atoms with E-state index in [-0.39, 0.29) is 55.1 Å². The highest BCUT2D eigenvalue weighted by Gasteiger charge is 2.44. The number of Topliss-reactive ketones (excluding diaryl/α,β-unsaturated/α-hetero) is 2. The van der Waals surface area contributed by atoms with Gasteiger partial charge in [-0.05, 0) is 77.3 Å². The molecule has 6 aromatic rings. The number of benzene rings is 3. The van der Waals surface area contributed by atoms with Gasteiger partial charge in [-0.1, -0.05) is 94.4 Å². The van der Waals surface area contributed by atoms with Gasteiger partial charge in [0, 0.05) is 127 Å². The molecule has 0 saturated carbocycles. The van der Waals surface area contributed by atoms with E-state index in [0.717, 1.165) is 87.1 Å². The van der Waals surface area contributed by atoms with Crippen molar-refractivity contribution in [3.63, 3.8) is 0 Å². The summed E-state index contributed by atoms with van der Waals surface area (Å²) in [7, 11) is 1.63. The average molecular weight is 1150 g/mol. The fraction of sp³-hybridized carbons (Fsp3) is 0.462. The van der Waals surface area contributed by atoms with Crippen LogP contribution in [0.2, 0.25) is 0 Å². The van der Waals surface area contributed by atoms with Crippen molar-refractivity contribution in [2.45, 2.75) is 112 Å². The second-order valence-electron chi connectivity index (χ2n) is 22.4. The van der Waals surface area contributed by atoms with Crippen LogP contribution in [0.5, 0.6) is 0 Å². The number of aliphatic hydroxyl groups excluding tert-OH is 1. The Hall–Kier alpha value is -6.93. The summed E-state index contributed by atoms with van der Waals surface area (Å²) in [6.45, 7) is 18.5. The van der Waals surface area contributed by atoms with Gasteiger partial charge in [-0.25, -0.2) is 15.0 Å². The maximum Gasteiger partial charge on any atom is 0.243 e. The van der Waals surface area contributed by atoms with E-state index in [1.54, 1.807) is 37.0 Å². The van der Waals surface area contributed by atoms with Crippen LogP contribution in [0.25, 0.3) is 21.7 Å². The summed E-state index contributed by atoms with van der Waals surface area (Å²) < 4.78 is 15.8. The number of thiazole rings is 1. The predicted molar refractivity (Wildman–Crippen MR) is 321 cm³/mol. The van der Waals surface area contributed by atoms with Crippen LogP contribution in [0.4, 0.5) is 0 Å². The number of aliphatic hydroxyl groups is 1. The monoisotopic (exact) mass is 1150 g/mol. The minimum atomic E-state index is -0.782. The van der Waals surface area contributed by atoms with E-state index < -0.39 is 23.5 Å². The van der Waals surface area contributed by atoms with Crippen molar-refractivity contribution in [3.05, 3.63) is 154 Å². The van der Waals surface area contributed by atoms with Crippen molar-refractivity contribution >= 4 is 40.6 Å². The van der Waals surface area contributed by atoms with Gasteiger partial charge in [0.1, 0.15) is 17.6 Å². The van der Waals surface area contributed by atoms with Crippen molar-refractivity contribution < 1.29 is 43.3 Å². The third kappa shape index (κ3) is 19.3. The summed E-state index contributed by atoms with van der Waals surface area (Å²) in [5.74, 6) is -0.236. The van der Waals surface area contributed by atoms with Gasteiger partial charge in [-0.15, -0.1) is 11.3 Å². The van der Waals surface area contributed by atoms with E-state index >= 15 is 0 Å². The molecular formula is C65H82N8O9S. The van der Waals surface area contributed by atoms with Crippen molar-refractivity contribution in [2.75, 3.05) is 72.9 Å². The van der Waals surface area contributed by atoms with E-state index in [1.165, 1.54) is 4.90 Å². The van der Waals surface area contributed by atoms with Crippen LogP contribution in [0.3, 0.4) is 0 Å². The Morgan fingerprint density at radius 2 is 1.53 bits per heavy atom. The molecule has 2 fully saturated rings. The van der Waals surface area contributed by atoms with E-state index in [1.807, 2.05) is 118 Å². The van der Waals surface area contributed by atoms with E-state index in [9.17, 15) is 29.1 Å². The predicted octanol–water partition coefficient (Wildman–Crippen LogP) is 8.70. The molecule has 8 rings (SSSR count). The molecule has 0 bridgehead atoms.